The van der Waals surface area contributed by atoms with E-state index in [0.717, 1.165) is 5.56 Å². The Kier molecular flexibility index (Phi) is 2.81. The van der Waals surface area contributed by atoms with Crippen molar-refractivity contribution in [3.8, 4) is 0 Å². The van der Waals surface area contributed by atoms with Crippen LogP contribution in [0.4, 0.5) is 0 Å². The summed E-state index contributed by atoms with van der Waals surface area (Å²) in [5.41, 5.74) is -0.524. The summed E-state index contributed by atoms with van der Waals surface area (Å²) in [6.07, 6.45) is 3.43. The number of hydrogen-bond donors (Lipinski definition) is 3. The van der Waals surface area contributed by atoms with Gasteiger partial charge in [0.25, 0.3) is 0 Å². The molecule has 0 amide bonds. The fourth-order valence-corrected chi connectivity index (χ4v) is 1.83. The van der Waals surface area contributed by atoms with Crippen molar-refractivity contribution in [2.24, 2.45) is 0 Å². The lowest BCUT2D eigenvalue weighted by Crippen LogP contribution is -2.44. The van der Waals surface area contributed by atoms with Gasteiger partial charge in [-0.15, -0.1) is 0 Å². The average Bonchev–Trinajstić information content (AvgIpc) is 2.27. The van der Waals surface area contributed by atoms with E-state index >= 15 is 0 Å². The average molecular weight is 218 g/mol. The standard InChI is InChI=1S/C13H14O3/c14-11-7-4-8-13(16,12(11)15)9-10-5-2-1-3-6-10/h1-8,12,14-16H,9H2. The maximum atomic E-state index is 10.2. The van der Waals surface area contributed by atoms with Crippen LogP contribution in [0.25, 0.3) is 0 Å². The highest BCUT2D eigenvalue weighted by atomic mass is 16.4. The maximum absolute atomic E-state index is 10.2. The molecule has 3 nitrogen and oxygen atoms in total. The van der Waals surface area contributed by atoms with Gasteiger partial charge in [-0.05, 0) is 17.7 Å². The molecule has 0 radical (unpaired) electrons. The summed E-state index contributed by atoms with van der Waals surface area (Å²) < 4.78 is 0. The van der Waals surface area contributed by atoms with Gasteiger partial charge in [-0.1, -0.05) is 36.4 Å². The van der Waals surface area contributed by atoms with E-state index in [9.17, 15) is 15.3 Å². The smallest absolute Gasteiger partial charge is 0.143 e. The van der Waals surface area contributed by atoms with Crippen molar-refractivity contribution in [3.63, 3.8) is 0 Å². The Balaban J connectivity index is 2.21. The highest BCUT2D eigenvalue weighted by Crippen LogP contribution is 2.26. The number of allylic oxidation sites excluding steroid dienone is 2. The molecule has 2 unspecified atom stereocenters. The minimum absolute atomic E-state index is 0.207. The number of aliphatic hydroxyl groups is 3. The van der Waals surface area contributed by atoms with Crippen LogP contribution >= 0.6 is 0 Å². The van der Waals surface area contributed by atoms with Gasteiger partial charge in [-0.3, -0.25) is 0 Å². The molecular weight excluding hydrogens is 204 g/mol. The van der Waals surface area contributed by atoms with Crippen LogP contribution in [0.5, 0.6) is 0 Å². The topological polar surface area (TPSA) is 60.7 Å². The van der Waals surface area contributed by atoms with Crippen molar-refractivity contribution in [1.29, 1.82) is 0 Å². The van der Waals surface area contributed by atoms with Gasteiger partial charge >= 0.3 is 0 Å². The first kappa shape index (κ1) is 10.9. The van der Waals surface area contributed by atoms with Crippen LogP contribution < -0.4 is 0 Å². The first-order valence-corrected chi connectivity index (χ1v) is 5.14. The van der Waals surface area contributed by atoms with Gasteiger partial charge in [0, 0.05) is 6.42 Å². The van der Waals surface area contributed by atoms with E-state index in [-0.39, 0.29) is 12.2 Å². The molecule has 0 aliphatic heterocycles. The van der Waals surface area contributed by atoms with Crippen molar-refractivity contribution < 1.29 is 15.3 Å². The van der Waals surface area contributed by atoms with Crippen molar-refractivity contribution in [1.82, 2.24) is 0 Å². The second-order valence-corrected chi connectivity index (χ2v) is 4.01. The van der Waals surface area contributed by atoms with E-state index in [1.807, 2.05) is 30.3 Å². The van der Waals surface area contributed by atoms with Crippen molar-refractivity contribution in [2.75, 3.05) is 0 Å². The van der Waals surface area contributed by atoms with Gasteiger partial charge < -0.3 is 15.3 Å². The molecular formula is C13H14O3. The Hall–Kier alpha value is -1.58. The molecule has 0 saturated carbocycles. The quantitative estimate of drug-likeness (QED) is 0.702. The van der Waals surface area contributed by atoms with Gasteiger partial charge in [0.1, 0.15) is 17.5 Å². The molecule has 1 aliphatic rings. The molecule has 2 rings (SSSR count). The Morgan fingerprint density at radius 3 is 2.56 bits per heavy atom. The molecule has 0 saturated heterocycles. The molecule has 1 aliphatic carbocycles. The highest BCUT2D eigenvalue weighted by Gasteiger charge is 2.37. The Morgan fingerprint density at radius 1 is 1.19 bits per heavy atom. The molecule has 3 N–H and O–H groups in total. The lowest BCUT2D eigenvalue weighted by molar-refractivity contribution is -0.0391. The predicted octanol–water partition coefficient (Wildman–Crippen LogP) is 1.33. The zero-order chi connectivity index (χ0) is 11.6. The lowest BCUT2D eigenvalue weighted by atomic mass is 9.85. The third-order valence-electron chi connectivity index (χ3n) is 2.74. The summed E-state index contributed by atoms with van der Waals surface area (Å²) in [5.74, 6) is -0.207. The third-order valence-corrected chi connectivity index (χ3v) is 2.74. The van der Waals surface area contributed by atoms with Crippen LogP contribution in [0, 0.1) is 0 Å². The summed E-state index contributed by atoms with van der Waals surface area (Å²) in [7, 11) is 0. The molecule has 2 atom stereocenters. The summed E-state index contributed by atoms with van der Waals surface area (Å²) >= 11 is 0. The van der Waals surface area contributed by atoms with Crippen molar-refractivity contribution >= 4 is 0 Å². The van der Waals surface area contributed by atoms with E-state index < -0.39 is 11.7 Å². The summed E-state index contributed by atoms with van der Waals surface area (Å²) in [4.78, 5) is 0. The summed E-state index contributed by atoms with van der Waals surface area (Å²) in [5, 5.41) is 29.4. The van der Waals surface area contributed by atoms with Gasteiger partial charge in [-0.2, -0.15) is 0 Å². The molecule has 0 fully saturated rings. The SMILES string of the molecule is OC1=CC=CC(O)(Cc2ccccc2)C1O. The Labute approximate surface area is 94.0 Å². The maximum Gasteiger partial charge on any atom is 0.143 e. The predicted molar refractivity (Wildman–Crippen MR) is 61.0 cm³/mol. The minimum atomic E-state index is -1.43. The third kappa shape index (κ3) is 2.01. The van der Waals surface area contributed by atoms with Crippen LogP contribution in [0.3, 0.4) is 0 Å². The second-order valence-electron chi connectivity index (χ2n) is 4.01. The van der Waals surface area contributed by atoms with Crippen LogP contribution in [0.1, 0.15) is 5.56 Å². The van der Waals surface area contributed by atoms with Crippen LogP contribution in [0.2, 0.25) is 0 Å². The first-order valence-electron chi connectivity index (χ1n) is 5.14. The molecule has 84 valence electrons. The summed E-state index contributed by atoms with van der Waals surface area (Å²) in [6.45, 7) is 0. The second kappa shape index (κ2) is 4.12. The van der Waals surface area contributed by atoms with Gasteiger partial charge in [0.2, 0.25) is 0 Å². The fourth-order valence-electron chi connectivity index (χ4n) is 1.83. The minimum Gasteiger partial charge on any atom is -0.509 e. The highest BCUT2D eigenvalue weighted by molar-refractivity contribution is 5.30. The van der Waals surface area contributed by atoms with Gasteiger partial charge in [0.05, 0.1) is 0 Å². The number of hydrogen-bond acceptors (Lipinski definition) is 3. The van der Waals surface area contributed by atoms with Crippen LogP contribution in [-0.2, 0) is 6.42 Å². The van der Waals surface area contributed by atoms with E-state index in [1.54, 1.807) is 6.08 Å². The van der Waals surface area contributed by atoms with Crippen LogP contribution in [0.15, 0.2) is 54.3 Å². The van der Waals surface area contributed by atoms with Gasteiger partial charge in [0.15, 0.2) is 0 Å². The zero-order valence-electron chi connectivity index (χ0n) is 8.74. The number of rotatable bonds is 2. The molecule has 1 aromatic carbocycles. The molecule has 0 aromatic heterocycles. The van der Waals surface area contributed by atoms with Gasteiger partial charge in [-0.25, -0.2) is 0 Å². The van der Waals surface area contributed by atoms with E-state index in [2.05, 4.69) is 0 Å². The van der Waals surface area contributed by atoms with E-state index in [0.29, 0.717) is 0 Å². The largest absolute Gasteiger partial charge is 0.509 e. The molecule has 0 spiro atoms. The molecule has 3 heteroatoms. The fraction of sp³-hybridized carbons (Fsp3) is 0.231. The van der Waals surface area contributed by atoms with Crippen LogP contribution in [-0.4, -0.2) is 27.0 Å². The molecule has 1 aromatic rings. The number of aliphatic hydroxyl groups excluding tert-OH is 2. The lowest BCUT2D eigenvalue weighted by Gasteiger charge is -2.31. The van der Waals surface area contributed by atoms with E-state index in [4.69, 9.17) is 0 Å². The Bertz CT molecular complexity index is 422. The first-order chi connectivity index (χ1) is 7.62. The van der Waals surface area contributed by atoms with E-state index in [1.165, 1.54) is 12.2 Å². The molecule has 0 bridgehead atoms. The molecule has 16 heavy (non-hydrogen) atoms. The number of benzene rings is 1. The molecule has 0 heterocycles. The summed E-state index contributed by atoms with van der Waals surface area (Å²) in [6, 6.07) is 9.36. The normalized spacial score (nSPS) is 28.9. The monoisotopic (exact) mass is 218 g/mol. The zero-order valence-corrected chi connectivity index (χ0v) is 8.74. The Morgan fingerprint density at radius 2 is 1.88 bits per heavy atom. The van der Waals surface area contributed by atoms with Crippen molar-refractivity contribution in [2.45, 2.75) is 18.1 Å². The van der Waals surface area contributed by atoms with Crippen molar-refractivity contribution in [3.05, 3.63) is 59.9 Å².